The number of nitrogens with zero attached hydrogens (tertiary/aromatic N) is 1. The monoisotopic (exact) mass is 186 g/mol. The molecule has 1 heterocycles. The molecule has 4 N–H and O–H groups in total. The van der Waals surface area contributed by atoms with Gasteiger partial charge >= 0.3 is 6.03 Å². The first-order valence-electron chi connectivity index (χ1n) is 3.45. The number of urea groups is 1. The molecule has 0 unspecified atom stereocenters. The van der Waals surface area contributed by atoms with Gasteiger partial charge in [0.1, 0.15) is 0 Å². The second kappa shape index (κ2) is 4.68. The van der Waals surface area contributed by atoms with E-state index in [-0.39, 0.29) is 6.03 Å². The van der Waals surface area contributed by atoms with Crippen LogP contribution in [0.3, 0.4) is 0 Å². The molecular weight excluding hydrogens is 176 g/mol. The number of nitrogens with one attached hydrogen (secondary N) is 2. The number of aromatic nitrogens is 1. The van der Waals surface area contributed by atoms with E-state index in [4.69, 9.17) is 5.84 Å². The molecule has 66 valence electrons. The van der Waals surface area contributed by atoms with Gasteiger partial charge in [-0.15, -0.1) is 11.3 Å². The van der Waals surface area contributed by atoms with Gasteiger partial charge in [-0.05, 0) is 0 Å². The van der Waals surface area contributed by atoms with Gasteiger partial charge in [-0.25, -0.2) is 15.6 Å². The Morgan fingerprint density at radius 3 is 3.17 bits per heavy atom. The zero-order valence-electron chi connectivity index (χ0n) is 6.41. The van der Waals surface area contributed by atoms with Crippen LogP contribution in [0.25, 0.3) is 0 Å². The minimum atomic E-state index is -0.369. The largest absolute Gasteiger partial charge is 0.337 e. The molecule has 0 aliphatic heterocycles. The van der Waals surface area contributed by atoms with Gasteiger partial charge in [-0.2, -0.15) is 0 Å². The number of nitrogens with two attached hydrogens (primary N) is 1. The Hall–Kier alpha value is -1.14. The van der Waals surface area contributed by atoms with Crippen LogP contribution in [0.1, 0.15) is 5.01 Å². The van der Waals surface area contributed by atoms with Crippen molar-refractivity contribution in [3.05, 3.63) is 16.6 Å². The number of carbonyl (C=O) groups is 1. The van der Waals surface area contributed by atoms with Crippen LogP contribution in [-0.4, -0.2) is 17.6 Å². The number of carbonyl (C=O) groups excluding carboxylic acids is 1. The van der Waals surface area contributed by atoms with Crippen molar-refractivity contribution in [2.24, 2.45) is 5.84 Å². The van der Waals surface area contributed by atoms with E-state index in [2.05, 4.69) is 10.3 Å². The fraction of sp³-hybridized carbons (Fsp3) is 0.333. The number of rotatable bonds is 3. The summed E-state index contributed by atoms with van der Waals surface area (Å²) >= 11 is 1.57. The van der Waals surface area contributed by atoms with E-state index in [0.717, 1.165) is 11.4 Å². The third-order valence-electron chi connectivity index (χ3n) is 1.24. The first-order valence-corrected chi connectivity index (χ1v) is 4.33. The van der Waals surface area contributed by atoms with Crippen LogP contribution in [0.15, 0.2) is 11.6 Å². The topological polar surface area (TPSA) is 80.0 Å². The Kier molecular flexibility index (Phi) is 3.49. The number of hydrogen-bond acceptors (Lipinski definition) is 4. The Balaban J connectivity index is 2.15. The van der Waals surface area contributed by atoms with Crippen molar-refractivity contribution in [3.8, 4) is 0 Å². The van der Waals surface area contributed by atoms with Crippen molar-refractivity contribution in [2.75, 3.05) is 6.54 Å². The quantitative estimate of drug-likeness (QED) is 0.349. The predicted molar refractivity (Wildman–Crippen MR) is 46.5 cm³/mol. The normalized spacial score (nSPS) is 9.42. The van der Waals surface area contributed by atoms with E-state index in [1.54, 1.807) is 17.5 Å². The molecular formula is C6H10N4OS. The highest BCUT2D eigenvalue weighted by Gasteiger charge is 1.97. The molecule has 0 fully saturated rings. The lowest BCUT2D eigenvalue weighted by Gasteiger charge is -2.00. The Labute approximate surface area is 74.0 Å². The highest BCUT2D eigenvalue weighted by molar-refractivity contribution is 7.09. The van der Waals surface area contributed by atoms with E-state index >= 15 is 0 Å². The number of hydrogen-bond donors (Lipinski definition) is 3. The van der Waals surface area contributed by atoms with Gasteiger partial charge in [0.2, 0.25) is 0 Å². The Morgan fingerprint density at radius 2 is 2.58 bits per heavy atom. The summed E-state index contributed by atoms with van der Waals surface area (Å²) in [6.07, 6.45) is 2.48. The van der Waals surface area contributed by atoms with E-state index in [1.165, 1.54) is 0 Å². The average molecular weight is 186 g/mol. The zero-order chi connectivity index (χ0) is 8.81. The Bertz CT molecular complexity index is 236. The fourth-order valence-corrected chi connectivity index (χ4v) is 1.33. The SMILES string of the molecule is NNC(=O)NCCc1nccs1. The van der Waals surface area contributed by atoms with E-state index in [0.29, 0.717) is 6.54 Å². The predicted octanol–water partition coefficient (Wildman–Crippen LogP) is -0.142. The summed E-state index contributed by atoms with van der Waals surface area (Å²) in [5.74, 6) is 4.86. The maximum atomic E-state index is 10.6. The van der Waals surface area contributed by atoms with Gasteiger partial charge in [0.05, 0.1) is 5.01 Å². The van der Waals surface area contributed by atoms with Crippen molar-refractivity contribution in [1.29, 1.82) is 0 Å². The van der Waals surface area contributed by atoms with Gasteiger partial charge < -0.3 is 5.32 Å². The molecule has 0 atom stereocenters. The highest BCUT2D eigenvalue weighted by atomic mass is 32.1. The molecule has 0 aromatic carbocycles. The first-order chi connectivity index (χ1) is 5.83. The van der Waals surface area contributed by atoms with Crippen LogP contribution in [0.5, 0.6) is 0 Å². The van der Waals surface area contributed by atoms with Crippen LogP contribution in [0.4, 0.5) is 4.79 Å². The van der Waals surface area contributed by atoms with Gasteiger partial charge in [0.25, 0.3) is 0 Å². The molecule has 1 aromatic heterocycles. The number of hydrazine groups is 1. The van der Waals surface area contributed by atoms with Crippen LogP contribution < -0.4 is 16.6 Å². The van der Waals surface area contributed by atoms with Crippen LogP contribution in [0.2, 0.25) is 0 Å². The molecule has 2 amide bonds. The molecule has 0 aliphatic rings. The van der Waals surface area contributed by atoms with Gasteiger partial charge in [0.15, 0.2) is 0 Å². The number of thiazole rings is 1. The molecule has 6 heteroatoms. The van der Waals surface area contributed by atoms with Crippen LogP contribution in [-0.2, 0) is 6.42 Å². The average Bonchev–Trinajstić information content (AvgIpc) is 2.57. The number of amides is 2. The third kappa shape index (κ3) is 2.85. The van der Waals surface area contributed by atoms with Gasteiger partial charge in [-0.1, -0.05) is 0 Å². The molecule has 5 nitrogen and oxygen atoms in total. The smallest absolute Gasteiger partial charge is 0.328 e. The van der Waals surface area contributed by atoms with Crippen molar-refractivity contribution in [3.63, 3.8) is 0 Å². The minimum Gasteiger partial charge on any atom is -0.337 e. The summed E-state index contributed by atoms with van der Waals surface area (Å²) < 4.78 is 0. The minimum absolute atomic E-state index is 0.369. The lowest BCUT2D eigenvalue weighted by atomic mass is 10.4. The van der Waals surface area contributed by atoms with E-state index < -0.39 is 0 Å². The first kappa shape index (κ1) is 8.95. The molecule has 1 aromatic rings. The van der Waals surface area contributed by atoms with Crippen LogP contribution in [0, 0.1) is 0 Å². The lowest BCUT2D eigenvalue weighted by molar-refractivity contribution is 0.241. The van der Waals surface area contributed by atoms with Gasteiger partial charge in [0, 0.05) is 24.5 Å². The summed E-state index contributed by atoms with van der Waals surface area (Å²) in [6, 6.07) is -0.369. The molecule has 0 bridgehead atoms. The fourth-order valence-electron chi connectivity index (χ4n) is 0.710. The van der Waals surface area contributed by atoms with Crippen molar-refractivity contribution < 1.29 is 4.79 Å². The lowest BCUT2D eigenvalue weighted by Crippen LogP contribution is -2.40. The van der Waals surface area contributed by atoms with Crippen molar-refractivity contribution >= 4 is 17.4 Å². The summed E-state index contributed by atoms with van der Waals surface area (Å²) in [7, 11) is 0. The van der Waals surface area contributed by atoms with Crippen LogP contribution >= 0.6 is 11.3 Å². The molecule has 0 saturated heterocycles. The van der Waals surface area contributed by atoms with Gasteiger partial charge in [-0.3, -0.25) is 5.43 Å². The van der Waals surface area contributed by atoms with E-state index in [1.807, 2.05) is 10.8 Å². The molecule has 12 heavy (non-hydrogen) atoms. The summed E-state index contributed by atoms with van der Waals surface area (Å²) in [4.78, 5) is 14.6. The van der Waals surface area contributed by atoms with Crippen molar-refractivity contribution in [2.45, 2.75) is 6.42 Å². The summed E-state index contributed by atoms with van der Waals surface area (Å²) in [5, 5.41) is 5.47. The Morgan fingerprint density at radius 1 is 1.75 bits per heavy atom. The highest BCUT2D eigenvalue weighted by Crippen LogP contribution is 2.02. The summed E-state index contributed by atoms with van der Waals surface area (Å²) in [5.41, 5.74) is 1.98. The standard InChI is InChI=1S/C6H10N4OS/c7-10-6(11)9-2-1-5-8-3-4-12-5/h3-4H,1-2,7H2,(H2,9,10,11). The van der Waals surface area contributed by atoms with Crippen molar-refractivity contribution in [1.82, 2.24) is 15.7 Å². The molecule has 1 rings (SSSR count). The van der Waals surface area contributed by atoms with E-state index in [9.17, 15) is 4.79 Å². The maximum Gasteiger partial charge on any atom is 0.328 e. The molecule has 0 aliphatic carbocycles. The molecule has 0 radical (unpaired) electrons. The summed E-state index contributed by atoms with van der Waals surface area (Å²) in [6.45, 7) is 0.552. The second-order valence-corrected chi connectivity index (χ2v) is 3.06. The molecule has 0 saturated carbocycles. The second-order valence-electron chi connectivity index (χ2n) is 2.08. The molecule has 0 spiro atoms. The third-order valence-corrected chi connectivity index (χ3v) is 2.08. The zero-order valence-corrected chi connectivity index (χ0v) is 7.23. The maximum absolute atomic E-state index is 10.6.